The van der Waals surface area contributed by atoms with E-state index in [1.54, 1.807) is 14.2 Å². The van der Waals surface area contributed by atoms with Crippen LogP contribution in [0, 0.1) is 0 Å². The summed E-state index contributed by atoms with van der Waals surface area (Å²) in [4.78, 5) is 9.49. The monoisotopic (exact) mass is 388 g/mol. The van der Waals surface area contributed by atoms with Gasteiger partial charge in [0, 0.05) is 16.0 Å². The van der Waals surface area contributed by atoms with Gasteiger partial charge >= 0.3 is 0 Å². The van der Waals surface area contributed by atoms with Crippen LogP contribution in [0.3, 0.4) is 0 Å². The molecule has 2 aromatic carbocycles. The summed E-state index contributed by atoms with van der Waals surface area (Å²) in [6.45, 7) is 0. The number of aromatic nitrogens is 2. The lowest BCUT2D eigenvalue weighted by Crippen LogP contribution is -2.03. The maximum Gasteiger partial charge on any atom is 0.158 e. The topological polar surface area (TPSA) is 82.3 Å². The minimum absolute atomic E-state index is 0.442. The number of hydrogen-bond acceptors (Lipinski definition) is 7. The van der Waals surface area contributed by atoms with E-state index in [-0.39, 0.29) is 0 Å². The zero-order chi connectivity index (χ0) is 18.5. The third-order valence-electron chi connectivity index (χ3n) is 3.54. The smallest absolute Gasteiger partial charge is 0.158 e. The molecule has 0 unspecified atom stereocenters. The Morgan fingerprint density at radius 3 is 2.50 bits per heavy atom. The lowest BCUT2D eigenvalue weighted by atomic mass is 10.2. The van der Waals surface area contributed by atoms with E-state index in [1.165, 1.54) is 18.1 Å². The van der Waals surface area contributed by atoms with E-state index in [4.69, 9.17) is 26.8 Å². The van der Waals surface area contributed by atoms with E-state index in [1.807, 2.05) is 42.5 Å². The lowest BCUT2D eigenvalue weighted by molar-refractivity contribution is 0.405. The second-order valence-electron chi connectivity index (χ2n) is 5.19. The Morgan fingerprint density at radius 1 is 1.04 bits per heavy atom. The largest absolute Gasteiger partial charge is 0.497 e. The van der Waals surface area contributed by atoms with Crippen LogP contribution >= 0.6 is 23.4 Å². The minimum Gasteiger partial charge on any atom is -0.497 e. The van der Waals surface area contributed by atoms with Crippen molar-refractivity contribution in [2.24, 2.45) is 0 Å². The van der Waals surface area contributed by atoms with Gasteiger partial charge in [-0.25, -0.2) is 9.97 Å². The van der Waals surface area contributed by atoms with Gasteiger partial charge in [0.1, 0.15) is 28.5 Å². The van der Waals surface area contributed by atoms with Crippen LogP contribution in [0.1, 0.15) is 0 Å². The van der Waals surface area contributed by atoms with Gasteiger partial charge < -0.3 is 20.5 Å². The maximum absolute atomic E-state index is 6.26. The van der Waals surface area contributed by atoms with Gasteiger partial charge in [-0.3, -0.25) is 0 Å². The molecule has 0 saturated carbocycles. The molecule has 26 heavy (non-hydrogen) atoms. The number of hydrogen-bond donors (Lipinski definition) is 2. The first-order chi connectivity index (χ1) is 12.6. The third kappa shape index (κ3) is 4.12. The molecule has 0 spiro atoms. The van der Waals surface area contributed by atoms with E-state index in [0.717, 1.165) is 4.90 Å². The number of halogens is 1. The highest BCUT2D eigenvalue weighted by atomic mass is 35.5. The standard InChI is InChI=1S/C18H17ClN4O2S/c1-24-12-5-8-15(25-2)14(9-12)23-17-16(20)18(22-10-21-17)26-13-6-3-11(19)4-7-13/h3-10H,20H2,1-2H3,(H,21,22,23). The number of nitrogens with zero attached hydrogens (tertiary/aromatic N) is 2. The SMILES string of the molecule is COc1ccc(OC)c(Nc2ncnc(Sc3ccc(Cl)cc3)c2N)c1. The fourth-order valence-corrected chi connectivity index (χ4v) is 3.14. The quantitative estimate of drug-likeness (QED) is 0.596. The van der Waals surface area contributed by atoms with Crippen molar-refractivity contribution < 1.29 is 9.47 Å². The van der Waals surface area contributed by atoms with Gasteiger partial charge in [-0.05, 0) is 36.4 Å². The molecule has 0 aliphatic heterocycles. The van der Waals surface area contributed by atoms with E-state index in [2.05, 4.69) is 15.3 Å². The summed E-state index contributed by atoms with van der Waals surface area (Å²) >= 11 is 7.36. The number of anilines is 3. The normalized spacial score (nSPS) is 10.4. The Kier molecular flexibility index (Phi) is 5.70. The zero-order valence-corrected chi connectivity index (χ0v) is 15.8. The first-order valence-corrected chi connectivity index (χ1v) is 8.83. The number of nitrogens with two attached hydrogens (primary N) is 1. The molecule has 0 atom stereocenters. The van der Waals surface area contributed by atoms with Crippen molar-refractivity contribution in [2.75, 3.05) is 25.3 Å². The van der Waals surface area contributed by atoms with Gasteiger partial charge in [0.2, 0.25) is 0 Å². The molecule has 0 radical (unpaired) electrons. The van der Waals surface area contributed by atoms with Gasteiger partial charge in [0.05, 0.1) is 19.9 Å². The molecule has 0 aliphatic rings. The first-order valence-electron chi connectivity index (χ1n) is 7.63. The van der Waals surface area contributed by atoms with Gasteiger partial charge in [-0.15, -0.1) is 0 Å². The van der Waals surface area contributed by atoms with Crippen molar-refractivity contribution in [2.45, 2.75) is 9.92 Å². The number of rotatable bonds is 6. The molecule has 0 aliphatic carbocycles. The van der Waals surface area contributed by atoms with E-state index in [9.17, 15) is 0 Å². The number of nitrogen functional groups attached to an aromatic ring is 1. The Morgan fingerprint density at radius 2 is 1.81 bits per heavy atom. The Labute approximate surface area is 160 Å². The molecule has 3 N–H and O–H groups in total. The number of nitrogens with one attached hydrogen (secondary N) is 1. The van der Waals surface area contributed by atoms with Gasteiger partial charge in [-0.2, -0.15) is 0 Å². The molecule has 0 fully saturated rings. The average Bonchev–Trinajstić information content (AvgIpc) is 2.66. The van der Waals surface area contributed by atoms with Crippen LogP contribution in [-0.4, -0.2) is 24.2 Å². The molecule has 134 valence electrons. The van der Waals surface area contributed by atoms with Crippen LogP contribution in [0.4, 0.5) is 17.2 Å². The molecule has 8 heteroatoms. The van der Waals surface area contributed by atoms with Crippen LogP contribution in [0.2, 0.25) is 5.02 Å². The van der Waals surface area contributed by atoms with E-state index < -0.39 is 0 Å². The summed E-state index contributed by atoms with van der Waals surface area (Å²) in [5, 5.41) is 4.51. The molecule has 0 bridgehead atoms. The molecule has 0 amide bonds. The molecule has 1 heterocycles. The molecule has 3 aromatic rings. The molecule has 0 saturated heterocycles. The fourth-order valence-electron chi connectivity index (χ4n) is 2.21. The summed E-state index contributed by atoms with van der Waals surface area (Å²) < 4.78 is 10.6. The number of methoxy groups -OCH3 is 2. The number of ether oxygens (including phenoxy) is 2. The van der Waals surface area contributed by atoms with Gasteiger partial charge in [-0.1, -0.05) is 23.4 Å². The van der Waals surface area contributed by atoms with E-state index >= 15 is 0 Å². The van der Waals surface area contributed by atoms with Crippen LogP contribution in [0.25, 0.3) is 0 Å². The molecule has 6 nitrogen and oxygen atoms in total. The molecular weight excluding hydrogens is 372 g/mol. The second-order valence-corrected chi connectivity index (χ2v) is 6.69. The van der Waals surface area contributed by atoms with Crippen LogP contribution in [0.5, 0.6) is 11.5 Å². The Hall–Kier alpha value is -2.64. The summed E-state index contributed by atoms with van der Waals surface area (Å²) in [6.07, 6.45) is 1.46. The number of benzene rings is 2. The van der Waals surface area contributed by atoms with Crippen LogP contribution < -0.4 is 20.5 Å². The maximum atomic E-state index is 6.26. The Bertz CT molecular complexity index is 906. The third-order valence-corrected chi connectivity index (χ3v) is 4.81. The van der Waals surface area contributed by atoms with Gasteiger partial charge in [0.25, 0.3) is 0 Å². The van der Waals surface area contributed by atoms with Crippen molar-refractivity contribution in [3.8, 4) is 11.5 Å². The molecule has 3 rings (SSSR count). The van der Waals surface area contributed by atoms with Crippen molar-refractivity contribution in [3.05, 3.63) is 53.8 Å². The highest BCUT2D eigenvalue weighted by Crippen LogP contribution is 2.37. The predicted octanol–water partition coefficient (Wildman–Crippen LogP) is 4.62. The highest BCUT2D eigenvalue weighted by Gasteiger charge is 2.13. The summed E-state index contributed by atoms with van der Waals surface area (Å²) in [5.41, 5.74) is 7.40. The van der Waals surface area contributed by atoms with Crippen LogP contribution in [-0.2, 0) is 0 Å². The van der Waals surface area contributed by atoms with Crippen molar-refractivity contribution in [1.29, 1.82) is 0 Å². The average molecular weight is 389 g/mol. The summed E-state index contributed by atoms with van der Waals surface area (Å²) in [6, 6.07) is 12.9. The van der Waals surface area contributed by atoms with E-state index in [0.29, 0.717) is 38.7 Å². The van der Waals surface area contributed by atoms with Crippen molar-refractivity contribution in [1.82, 2.24) is 9.97 Å². The lowest BCUT2D eigenvalue weighted by Gasteiger charge is -2.14. The molecular formula is C18H17ClN4O2S. The van der Waals surface area contributed by atoms with Crippen LogP contribution in [0.15, 0.2) is 58.7 Å². The van der Waals surface area contributed by atoms with Crippen molar-refractivity contribution in [3.63, 3.8) is 0 Å². The first kappa shape index (κ1) is 18.2. The Balaban J connectivity index is 1.89. The second kappa shape index (κ2) is 8.16. The molecule has 1 aromatic heterocycles. The minimum atomic E-state index is 0.442. The van der Waals surface area contributed by atoms with Crippen molar-refractivity contribution >= 4 is 40.6 Å². The highest BCUT2D eigenvalue weighted by molar-refractivity contribution is 7.99. The fraction of sp³-hybridized carbons (Fsp3) is 0.111. The summed E-state index contributed by atoms with van der Waals surface area (Å²) in [7, 11) is 3.20. The zero-order valence-electron chi connectivity index (χ0n) is 14.2. The predicted molar refractivity (Wildman–Crippen MR) is 105 cm³/mol. The van der Waals surface area contributed by atoms with Gasteiger partial charge in [0.15, 0.2) is 5.82 Å². The summed E-state index contributed by atoms with van der Waals surface area (Å²) in [5.74, 6) is 1.83.